The minimum absolute atomic E-state index is 0.626. The van der Waals surface area contributed by atoms with Crippen molar-refractivity contribution < 1.29 is 0 Å². The molecule has 3 rings (SSSR count). The summed E-state index contributed by atoms with van der Waals surface area (Å²) >= 11 is 8.26. The molecule has 0 saturated heterocycles. The molecule has 0 atom stereocenters. The lowest BCUT2D eigenvalue weighted by atomic mass is 10.1. The Labute approximate surface area is 137 Å². The zero-order valence-electron chi connectivity index (χ0n) is 11.2. The van der Waals surface area contributed by atoms with Crippen molar-refractivity contribution in [2.24, 2.45) is 0 Å². The molecule has 20 heavy (non-hydrogen) atoms. The number of hydrogen-bond acceptors (Lipinski definition) is 3. The smallest absolute Gasteiger partial charge is 0.143 e. The Morgan fingerprint density at radius 3 is 2.55 bits per heavy atom. The summed E-state index contributed by atoms with van der Waals surface area (Å²) in [6.07, 6.45) is 3.23. The third-order valence-corrected chi connectivity index (χ3v) is 4.72. The van der Waals surface area contributed by atoms with E-state index >= 15 is 0 Å². The summed E-state index contributed by atoms with van der Waals surface area (Å²) < 4.78 is 1.16. The summed E-state index contributed by atoms with van der Waals surface area (Å²) in [5.41, 5.74) is 2.38. The second kappa shape index (κ2) is 5.85. The molecule has 1 aromatic carbocycles. The highest BCUT2D eigenvalue weighted by molar-refractivity contribution is 14.1. The zero-order valence-corrected chi connectivity index (χ0v) is 14.1. The van der Waals surface area contributed by atoms with E-state index in [2.05, 4.69) is 32.9 Å². The van der Waals surface area contributed by atoms with E-state index < -0.39 is 0 Å². The first kappa shape index (κ1) is 14.1. The van der Waals surface area contributed by atoms with Crippen molar-refractivity contribution in [1.82, 2.24) is 9.97 Å². The van der Waals surface area contributed by atoms with Crippen molar-refractivity contribution in [2.75, 3.05) is 12.4 Å². The van der Waals surface area contributed by atoms with Gasteiger partial charge in [-0.3, -0.25) is 0 Å². The molecule has 0 spiro atoms. The van der Waals surface area contributed by atoms with Crippen LogP contribution in [0.3, 0.4) is 0 Å². The maximum Gasteiger partial charge on any atom is 0.143 e. The molecule has 0 radical (unpaired) electrons. The van der Waals surface area contributed by atoms with Crippen LogP contribution in [0.4, 0.5) is 5.82 Å². The average Bonchev–Trinajstić information content (AvgIpc) is 3.27. The number of halogens is 2. The first-order valence-electron chi connectivity index (χ1n) is 6.66. The molecule has 3 nitrogen and oxygen atoms in total. The lowest BCUT2D eigenvalue weighted by Gasteiger charge is -2.10. The van der Waals surface area contributed by atoms with Crippen LogP contribution in [0.15, 0.2) is 24.3 Å². The molecule has 1 heterocycles. The molecule has 0 aliphatic heterocycles. The number of aromatic nitrogens is 2. The standard InChI is InChI=1S/C15H15ClIN3/c1-18-15-13(17)14(10-4-5-10)19-12(20-15)8-9-2-6-11(16)7-3-9/h2-3,6-7,10H,4-5,8H2,1H3,(H,18,19,20). The van der Waals surface area contributed by atoms with Crippen molar-refractivity contribution >= 4 is 40.0 Å². The Bertz CT molecular complexity index is 624. The van der Waals surface area contributed by atoms with Crippen LogP contribution < -0.4 is 5.32 Å². The predicted molar refractivity (Wildman–Crippen MR) is 90.5 cm³/mol. The Hall–Kier alpha value is -0.880. The molecule has 0 amide bonds. The number of anilines is 1. The van der Waals surface area contributed by atoms with Crippen molar-refractivity contribution in [3.63, 3.8) is 0 Å². The van der Waals surface area contributed by atoms with Crippen molar-refractivity contribution in [1.29, 1.82) is 0 Å². The summed E-state index contributed by atoms with van der Waals surface area (Å²) in [6.45, 7) is 0. The number of hydrogen-bond donors (Lipinski definition) is 1. The van der Waals surface area contributed by atoms with Gasteiger partial charge in [-0.1, -0.05) is 23.7 Å². The van der Waals surface area contributed by atoms with Crippen molar-refractivity contribution in [3.8, 4) is 0 Å². The second-order valence-corrected chi connectivity index (χ2v) is 6.53. The Balaban J connectivity index is 1.92. The summed E-state index contributed by atoms with van der Waals surface area (Å²) in [7, 11) is 1.91. The molecule has 5 heteroatoms. The van der Waals surface area contributed by atoms with Gasteiger partial charge in [0.25, 0.3) is 0 Å². The fourth-order valence-corrected chi connectivity index (χ4v) is 3.25. The highest BCUT2D eigenvalue weighted by Crippen LogP contribution is 2.42. The zero-order chi connectivity index (χ0) is 14.1. The SMILES string of the molecule is CNc1nc(Cc2ccc(Cl)cc2)nc(C2CC2)c1I. The lowest BCUT2D eigenvalue weighted by Crippen LogP contribution is -2.07. The molecule has 2 aromatic rings. The molecular formula is C15H15ClIN3. The normalized spacial score (nSPS) is 14.3. The van der Waals surface area contributed by atoms with Gasteiger partial charge in [-0.15, -0.1) is 0 Å². The molecule has 1 fully saturated rings. The van der Waals surface area contributed by atoms with E-state index in [1.807, 2.05) is 31.3 Å². The first-order chi connectivity index (χ1) is 9.67. The van der Waals surface area contributed by atoms with Crippen LogP contribution in [0.25, 0.3) is 0 Å². The van der Waals surface area contributed by atoms with Gasteiger partial charge in [0.05, 0.1) is 9.26 Å². The number of rotatable bonds is 4. The summed E-state index contributed by atoms with van der Waals surface area (Å²) in [5.74, 6) is 2.44. The van der Waals surface area contributed by atoms with E-state index in [0.717, 1.165) is 26.7 Å². The summed E-state index contributed by atoms with van der Waals surface area (Å²) in [5, 5.41) is 3.93. The first-order valence-corrected chi connectivity index (χ1v) is 8.11. The monoisotopic (exact) mass is 399 g/mol. The van der Waals surface area contributed by atoms with Crippen molar-refractivity contribution in [3.05, 3.63) is 49.9 Å². The van der Waals surface area contributed by atoms with Crippen LogP contribution in [0, 0.1) is 3.57 Å². The highest BCUT2D eigenvalue weighted by Gasteiger charge is 2.29. The van der Waals surface area contributed by atoms with Crippen LogP contribution >= 0.6 is 34.2 Å². The van der Waals surface area contributed by atoms with E-state index in [4.69, 9.17) is 16.6 Å². The van der Waals surface area contributed by atoms with Crippen LogP contribution in [0.1, 0.15) is 35.8 Å². The second-order valence-electron chi connectivity index (χ2n) is 5.02. The van der Waals surface area contributed by atoms with E-state index in [1.165, 1.54) is 24.1 Å². The van der Waals surface area contributed by atoms with Crippen LogP contribution in [0.5, 0.6) is 0 Å². The lowest BCUT2D eigenvalue weighted by molar-refractivity contribution is 0.891. The van der Waals surface area contributed by atoms with Gasteiger partial charge < -0.3 is 5.32 Å². The fraction of sp³-hybridized carbons (Fsp3) is 0.333. The van der Waals surface area contributed by atoms with E-state index in [9.17, 15) is 0 Å². The van der Waals surface area contributed by atoms with Gasteiger partial charge in [0.15, 0.2) is 0 Å². The maximum absolute atomic E-state index is 5.92. The molecule has 104 valence electrons. The van der Waals surface area contributed by atoms with Gasteiger partial charge in [0.2, 0.25) is 0 Å². The fourth-order valence-electron chi connectivity index (χ4n) is 2.17. The van der Waals surface area contributed by atoms with Crippen LogP contribution in [-0.4, -0.2) is 17.0 Å². The minimum atomic E-state index is 0.626. The van der Waals surface area contributed by atoms with E-state index in [-0.39, 0.29) is 0 Å². The molecular weight excluding hydrogens is 385 g/mol. The van der Waals surface area contributed by atoms with Crippen LogP contribution in [-0.2, 0) is 6.42 Å². The molecule has 0 unspecified atom stereocenters. The Morgan fingerprint density at radius 1 is 1.25 bits per heavy atom. The third-order valence-electron chi connectivity index (χ3n) is 3.40. The topological polar surface area (TPSA) is 37.8 Å². The van der Waals surface area contributed by atoms with Crippen LogP contribution in [0.2, 0.25) is 5.02 Å². The largest absolute Gasteiger partial charge is 0.372 e. The minimum Gasteiger partial charge on any atom is -0.372 e. The molecule has 1 aliphatic rings. The van der Waals surface area contributed by atoms with Gasteiger partial charge in [0.1, 0.15) is 11.6 Å². The third kappa shape index (κ3) is 3.06. The Kier molecular flexibility index (Phi) is 4.12. The molecule has 1 aliphatic carbocycles. The number of nitrogens with zero attached hydrogens (tertiary/aromatic N) is 2. The molecule has 1 saturated carbocycles. The number of benzene rings is 1. The quantitative estimate of drug-likeness (QED) is 0.781. The van der Waals surface area contributed by atoms with Gasteiger partial charge >= 0.3 is 0 Å². The van der Waals surface area contributed by atoms with Gasteiger partial charge in [-0.05, 0) is 53.1 Å². The maximum atomic E-state index is 5.92. The molecule has 1 N–H and O–H groups in total. The van der Waals surface area contributed by atoms with Gasteiger partial charge in [0, 0.05) is 24.4 Å². The predicted octanol–water partition coefficient (Wildman–Crippen LogP) is 4.24. The van der Waals surface area contributed by atoms with E-state index in [0.29, 0.717) is 5.92 Å². The summed E-state index contributed by atoms with van der Waals surface area (Å²) in [6, 6.07) is 7.87. The molecule has 1 aromatic heterocycles. The highest BCUT2D eigenvalue weighted by atomic mass is 127. The van der Waals surface area contributed by atoms with Gasteiger partial charge in [-0.2, -0.15) is 0 Å². The molecule has 0 bridgehead atoms. The number of nitrogens with one attached hydrogen (secondary N) is 1. The average molecular weight is 400 g/mol. The Morgan fingerprint density at radius 2 is 1.95 bits per heavy atom. The van der Waals surface area contributed by atoms with E-state index in [1.54, 1.807) is 0 Å². The summed E-state index contributed by atoms with van der Waals surface area (Å²) in [4.78, 5) is 9.39. The van der Waals surface area contributed by atoms with Crippen molar-refractivity contribution in [2.45, 2.75) is 25.2 Å². The van der Waals surface area contributed by atoms with Gasteiger partial charge in [-0.25, -0.2) is 9.97 Å².